The third kappa shape index (κ3) is 1.52. The Hall–Kier alpha value is -2.03. The van der Waals surface area contributed by atoms with Crippen LogP contribution in [0, 0.1) is 0 Å². The van der Waals surface area contributed by atoms with E-state index in [2.05, 4.69) is 0 Å². The number of carbonyl (C=O) groups is 1. The van der Waals surface area contributed by atoms with Crippen molar-refractivity contribution in [3.63, 3.8) is 0 Å². The van der Waals surface area contributed by atoms with Crippen molar-refractivity contribution in [3.05, 3.63) is 42.4 Å². The minimum absolute atomic E-state index is 0.572. The van der Waals surface area contributed by atoms with Crippen LogP contribution in [0.25, 0.3) is 16.8 Å². The molecule has 0 aliphatic carbocycles. The molecular weight excluding hydrogens is 180 g/mol. The summed E-state index contributed by atoms with van der Waals surface area (Å²) in [6, 6.07) is 7.59. The molecule has 0 fully saturated rings. The molecular formula is C11H8O3. The second kappa shape index (κ2) is 3.38. The summed E-state index contributed by atoms with van der Waals surface area (Å²) in [5.41, 5.74) is 0. The summed E-state index contributed by atoms with van der Waals surface area (Å²) < 4.78 is 5.22. The van der Waals surface area contributed by atoms with E-state index in [1.165, 1.54) is 6.08 Å². The van der Waals surface area contributed by atoms with Crippen molar-refractivity contribution in [2.75, 3.05) is 0 Å². The quantitative estimate of drug-likeness (QED) is 0.736. The third-order valence-corrected chi connectivity index (χ3v) is 1.92. The number of rotatable bonds is 2. The number of hydrogen-bond acceptors (Lipinski definition) is 2. The highest BCUT2D eigenvalue weighted by molar-refractivity contribution is 5.92. The van der Waals surface area contributed by atoms with Crippen LogP contribution in [0.5, 0.6) is 0 Å². The van der Waals surface area contributed by atoms with Gasteiger partial charge < -0.3 is 9.52 Å². The van der Waals surface area contributed by atoms with E-state index in [0.717, 1.165) is 16.8 Å². The molecule has 0 saturated carbocycles. The van der Waals surface area contributed by atoms with Crippen LogP contribution in [0.4, 0.5) is 0 Å². The first-order valence-electron chi connectivity index (χ1n) is 4.14. The van der Waals surface area contributed by atoms with Crippen LogP contribution in [0.3, 0.4) is 0 Å². The molecule has 1 aromatic heterocycles. The second-order valence-corrected chi connectivity index (χ2v) is 2.86. The Morgan fingerprint density at radius 2 is 2.14 bits per heavy atom. The van der Waals surface area contributed by atoms with Gasteiger partial charge in [-0.25, -0.2) is 4.79 Å². The topological polar surface area (TPSA) is 50.4 Å². The molecule has 0 bridgehead atoms. The van der Waals surface area contributed by atoms with E-state index in [-0.39, 0.29) is 0 Å². The van der Waals surface area contributed by atoms with E-state index in [0.29, 0.717) is 5.76 Å². The van der Waals surface area contributed by atoms with E-state index < -0.39 is 5.97 Å². The fourth-order valence-corrected chi connectivity index (χ4v) is 1.29. The van der Waals surface area contributed by atoms with Gasteiger partial charge in [-0.1, -0.05) is 24.3 Å². The van der Waals surface area contributed by atoms with Gasteiger partial charge in [0, 0.05) is 16.8 Å². The number of fused-ring (bicyclic) bond motifs is 1. The van der Waals surface area contributed by atoms with Gasteiger partial charge in [0.15, 0.2) is 0 Å². The Morgan fingerprint density at radius 3 is 2.93 bits per heavy atom. The molecule has 0 radical (unpaired) electrons. The van der Waals surface area contributed by atoms with Crippen molar-refractivity contribution in [1.29, 1.82) is 0 Å². The van der Waals surface area contributed by atoms with E-state index in [4.69, 9.17) is 9.52 Å². The molecule has 14 heavy (non-hydrogen) atoms. The Kier molecular flexibility index (Phi) is 2.07. The van der Waals surface area contributed by atoms with Gasteiger partial charge in [0.25, 0.3) is 0 Å². The maximum absolute atomic E-state index is 10.3. The van der Waals surface area contributed by atoms with Gasteiger partial charge >= 0.3 is 5.97 Å². The minimum atomic E-state index is -0.981. The maximum atomic E-state index is 10.3. The smallest absolute Gasteiger partial charge is 0.328 e. The molecule has 1 heterocycles. The van der Waals surface area contributed by atoms with Gasteiger partial charge in [-0.15, -0.1) is 0 Å². The third-order valence-electron chi connectivity index (χ3n) is 1.92. The van der Waals surface area contributed by atoms with Crippen LogP contribution in [-0.2, 0) is 4.79 Å². The molecule has 0 aliphatic heterocycles. The zero-order valence-electron chi connectivity index (χ0n) is 7.31. The molecule has 0 spiro atoms. The Balaban J connectivity index is 2.48. The average molecular weight is 188 g/mol. The molecule has 0 aliphatic rings. The fourth-order valence-electron chi connectivity index (χ4n) is 1.29. The van der Waals surface area contributed by atoms with Crippen molar-refractivity contribution in [3.8, 4) is 0 Å². The largest absolute Gasteiger partial charge is 0.478 e. The molecule has 0 amide bonds. The van der Waals surface area contributed by atoms with Crippen LogP contribution in [0.2, 0.25) is 0 Å². The standard InChI is InChI=1S/C11H8O3/c12-11(13)6-5-10-9-4-2-1-3-8(9)7-14-10/h1-7H,(H,12,13). The first kappa shape index (κ1) is 8.56. The summed E-state index contributed by atoms with van der Waals surface area (Å²) in [5.74, 6) is -0.409. The summed E-state index contributed by atoms with van der Waals surface area (Å²) in [5, 5.41) is 10.3. The predicted molar refractivity (Wildman–Crippen MR) is 52.9 cm³/mol. The number of hydrogen-bond donors (Lipinski definition) is 1. The van der Waals surface area contributed by atoms with Crippen molar-refractivity contribution in [2.24, 2.45) is 0 Å². The van der Waals surface area contributed by atoms with E-state index in [1.54, 1.807) is 6.26 Å². The zero-order valence-corrected chi connectivity index (χ0v) is 7.31. The predicted octanol–water partition coefficient (Wildman–Crippen LogP) is 2.53. The number of carboxylic acid groups (broad SMARTS) is 1. The number of furan rings is 1. The van der Waals surface area contributed by atoms with Crippen LogP contribution in [0.1, 0.15) is 5.76 Å². The van der Waals surface area contributed by atoms with Crippen LogP contribution in [0.15, 0.2) is 41.0 Å². The van der Waals surface area contributed by atoms with E-state index >= 15 is 0 Å². The first-order valence-corrected chi connectivity index (χ1v) is 4.14. The van der Waals surface area contributed by atoms with Gasteiger partial charge in [0.2, 0.25) is 0 Å². The monoisotopic (exact) mass is 188 g/mol. The van der Waals surface area contributed by atoms with Gasteiger partial charge in [-0.2, -0.15) is 0 Å². The molecule has 3 nitrogen and oxygen atoms in total. The maximum Gasteiger partial charge on any atom is 0.328 e. The van der Waals surface area contributed by atoms with Crippen LogP contribution in [-0.4, -0.2) is 11.1 Å². The van der Waals surface area contributed by atoms with Crippen molar-refractivity contribution < 1.29 is 14.3 Å². The average Bonchev–Trinajstić information content (AvgIpc) is 2.58. The highest BCUT2D eigenvalue weighted by atomic mass is 16.4. The van der Waals surface area contributed by atoms with Crippen LogP contribution >= 0.6 is 0 Å². The van der Waals surface area contributed by atoms with Crippen molar-refractivity contribution in [2.45, 2.75) is 0 Å². The van der Waals surface area contributed by atoms with E-state index in [9.17, 15) is 4.79 Å². The number of benzene rings is 1. The molecule has 2 rings (SSSR count). The SMILES string of the molecule is O=C(O)C=Cc1occ2ccccc12. The molecule has 70 valence electrons. The summed E-state index contributed by atoms with van der Waals surface area (Å²) in [6.07, 6.45) is 4.12. The fraction of sp³-hybridized carbons (Fsp3) is 0. The molecule has 3 heteroatoms. The summed E-state index contributed by atoms with van der Waals surface area (Å²) in [7, 11) is 0. The highest BCUT2D eigenvalue weighted by Crippen LogP contribution is 2.21. The lowest BCUT2D eigenvalue weighted by Crippen LogP contribution is -1.84. The summed E-state index contributed by atoms with van der Waals surface area (Å²) in [6.45, 7) is 0. The van der Waals surface area contributed by atoms with Crippen molar-refractivity contribution >= 4 is 22.8 Å². The Bertz CT molecular complexity index is 494. The van der Waals surface area contributed by atoms with Gasteiger partial charge in [0.05, 0.1) is 6.26 Å². The minimum Gasteiger partial charge on any atom is -0.478 e. The molecule has 1 aromatic carbocycles. The normalized spacial score (nSPS) is 11.1. The Morgan fingerprint density at radius 1 is 1.36 bits per heavy atom. The van der Waals surface area contributed by atoms with Gasteiger partial charge in [0.1, 0.15) is 5.76 Å². The molecule has 1 N–H and O–H groups in total. The van der Waals surface area contributed by atoms with E-state index in [1.807, 2.05) is 24.3 Å². The lowest BCUT2D eigenvalue weighted by molar-refractivity contribution is -0.131. The molecule has 0 atom stereocenters. The molecule has 0 unspecified atom stereocenters. The lowest BCUT2D eigenvalue weighted by Gasteiger charge is -1.87. The van der Waals surface area contributed by atoms with Crippen molar-refractivity contribution in [1.82, 2.24) is 0 Å². The summed E-state index contributed by atoms with van der Waals surface area (Å²) in [4.78, 5) is 10.3. The number of carboxylic acids is 1. The zero-order chi connectivity index (χ0) is 9.97. The highest BCUT2D eigenvalue weighted by Gasteiger charge is 2.01. The summed E-state index contributed by atoms with van der Waals surface area (Å²) >= 11 is 0. The Labute approximate surface area is 80.3 Å². The van der Waals surface area contributed by atoms with Gasteiger partial charge in [-0.05, 0) is 6.08 Å². The lowest BCUT2D eigenvalue weighted by atomic mass is 10.2. The van der Waals surface area contributed by atoms with Gasteiger partial charge in [-0.3, -0.25) is 0 Å². The molecule has 2 aromatic rings. The number of aliphatic carboxylic acids is 1. The molecule has 0 saturated heterocycles. The second-order valence-electron chi connectivity index (χ2n) is 2.86. The van der Waals surface area contributed by atoms with Crippen LogP contribution < -0.4 is 0 Å². The first-order chi connectivity index (χ1) is 6.77.